The number of aryl methyl sites for hydroxylation is 2. The Kier molecular flexibility index (Phi) is 6.94. The maximum absolute atomic E-state index is 12.5. The predicted octanol–water partition coefficient (Wildman–Crippen LogP) is 2.75. The number of hydrogen-bond acceptors (Lipinski definition) is 3. The summed E-state index contributed by atoms with van der Waals surface area (Å²) in [6, 6.07) is 14.4. The summed E-state index contributed by atoms with van der Waals surface area (Å²) in [4.78, 5) is 12.4. The Morgan fingerprint density at radius 1 is 1.00 bits per heavy atom. The molecule has 1 amide bonds. The van der Waals surface area contributed by atoms with Crippen molar-refractivity contribution in [3.05, 3.63) is 65.2 Å². The van der Waals surface area contributed by atoms with Crippen LogP contribution < -0.4 is 5.32 Å². The van der Waals surface area contributed by atoms with Crippen LogP contribution in [0.1, 0.15) is 30.5 Å². The standard InChI is InChI=1S/C20H26N2O3S/c1-4-16-11-12-17(5-2)18(13-16)14-21-20(23)15-22(3)26(24,25)19-9-7-6-8-10-19/h6-13H,4-5,14-15H2,1-3H3,(H,21,23). The highest BCUT2D eigenvalue weighted by Gasteiger charge is 2.22. The number of hydrogen-bond donors (Lipinski definition) is 1. The second-order valence-corrected chi connectivity index (χ2v) is 8.21. The first kappa shape index (κ1) is 20.1. The largest absolute Gasteiger partial charge is 0.351 e. The van der Waals surface area contributed by atoms with Gasteiger partial charge >= 0.3 is 0 Å². The van der Waals surface area contributed by atoms with Crippen LogP contribution in [0.4, 0.5) is 0 Å². The number of amides is 1. The number of nitrogens with zero attached hydrogens (tertiary/aromatic N) is 1. The van der Waals surface area contributed by atoms with Crippen LogP contribution >= 0.6 is 0 Å². The fourth-order valence-electron chi connectivity index (χ4n) is 2.72. The number of benzene rings is 2. The Balaban J connectivity index is 2.01. The van der Waals surface area contributed by atoms with E-state index < -0.39 is 10.0 Å². The van der Waals surface area contributed by atoms with E-state index in [9.17, 15) is 13.2 Å². The molecule has 0 spiro atoms. The average molecular weight is 375 g/mol. The van der Waals surface area contributed by atoms with Crippen LogP contribution in [-0.2, 0) is 34.2 Å². The number of carbonyl (C=O) groups excluding carboxylic acids is 1. The van der Waals surface area contributed by atoms with Gasteiger partial charge in [0.2, 0.25) is 15.9 Å². The molecule has 0 fully saturated rings. The summed E-state index contributed by atoms with van der Waals surface area (Å²) < 4.78 is 26.0. The summed E-state index contributed by atoms with van der Waals surface area (Å²) in [6.45, 7) is 4.35. The summed E-state index contributed by atoms with van der Waals surface area (Å²) in [6.07, 6.45) is 1.82. The monoisotopic (exact) mass is 374 g/mol. The van der Waals surface area contributed by atoms with E-state index in [2.05, 4.69) is 37.4 Å². The Labute approximate surface area is 156 Å². The summed E-state index contributed by atoms with van der Waals surface area (Å²) in [7, 11) is -2.25. The second-order valence-electron chi connectivity index (χ2n) is 6.16. The maximum Gasteiger partial charge on any atom is 0.243 e. The topological polar surface area (TPSA) is 66.5 Å². The van der Waals surface area contributed by atoms with E-state index >= 15 is 0 Å². The molecule has 140 valence electrons. The van der Waals surface area contributed by atoms with Crippen LogP contribution in [0.25, 0.3) is 0 Å². The number of nitrogens with one attached hydrogen (secondary N) is 1. The van der Waals surface area contributed by atoms with E-state index in [1.54, 1.807) is 18.2 Å². The predicted molar refractivity (Wildman–Crippen MR) is 103 cm³/mol. The van der Waals surface area contributed by atoms with E-state index in [1.807, 2.05) is 0 Å². The van der Waals surface area contributed by atoms with Crippen molar-refractivity contribution in [2.45, 2.75) is 38.1 Å². The minimum Gasteiger partial charge on any atom is -0.351 e. The SMILES string of the molecule is CCc1ccc(CC)c(CNC(=O)CN(C)S(=O)(=O)c2ccccc2)c1. The minimum atomic E-state index is -3.67. The fourth-order valence-corrected chi connectivity index (χ4v) is 3.87. The zero-order chi connectivity index (χ0) is 19.2. The highest BCUT2D eigenvalue weighted by molar-refractivity contribution is 7.89. The lowest BCUT2D eigenvalue weighted by Gasteiger charge is -2.17. The maximum atomic E-state index is 12.5. The minimum absolute atomic E-state index is 0.180. The van der Waals surface area contributed by atoms with Crippen molar-refractivity contribution < 1.29 is 13.2 Å². The van der Waals surface area contributed by atoms with Gasteiger partial charge in [-0.1, -0.05) is 50.2 Å². The molecule has 0 aliphatic carbocycles. The molecule has 0 heterocycles. The molecule has 2 aromatic rings. The molecule has 0 aliphatic rings. The van der Waals surface area contributed by atoms with Crippen LogP contribution in [0.3, 0.4) is 0 Å². The van der Waals surface area contributed by atoms with Gasteiger partial charge in [0.25, 0.3) is 0 Å². The third-order valence-corrected chi connectivity index (χ3v) is 6.17. The summed E-state index contributed by atoms with van der Waals surface area (Å²) in [5.74, 6) is -0.323. The number of sulfonamides is 1. The van der Waals surface area contributed by atoms with E-state index in [4.69, 9.17) is 0 Å². The first-order chi connectivity index (χ1) is 12.4. The Hall–Kier alpha value is -2.18. The Bertz CT molecular complexity index is 849. The zero-order valence-electron chi connectivity index (χ0n) is 15.5. The molecule has 6 heteroatoms. The number of carbonyl (C=O) groups is 1. The molecular weight excluding hydrogens is 348 g/mol. The molecule has 0 bridgehead atoms. The van der Waals surface area contributed by atoms with Crippen molar-refractivity contribution in [1.29, 1.82) is 0 Å². The third kappa shape index (κ3) is 4.93. The molecule has 0 saturated heterocycles. The molecule has 1 N–H and O–H groups in total. The van der Waals surface area contributed by atoms with Gasteiger partial charge in [-0.05, 0) is 41.7 Å². The van der Waals surface area contributed by atoms with Gasteiger partial charge < -0.3 is 5.32 Å². The molecule has 0 saturated carbocycles. The molecule has 0 radical (unpaired) electrons. The number of likely N-dealkylation sites (N-methyl/N-ethyl adjacent to an activating group) is 1. The van der Waals surface area contributed by atoms with Crippen LogP contribution in [0.5, 0.6) is 0 Å². The first-order valence-corrected chi connectivity index (χ1v) is 10.2. The van der Waals surface area contributed by atoms with Crippen molar-refractivity contribution in [1.82, 2.24) is 9.62 Å². The number of rotatable bonds is 8. The second kappa shape index (κ2) is 8.96. The van der Waals surface area contributed by atoms with Gasteiger partial charge in [-0.3, -0.25) is 4.79 Å². The lowest BCUT2D eigenvalue weighted by molar-refractivity contribution is -0.121. The molecule has 0 atom stereocenters. The normalized spacial score (nSPS) is 11.5. The van der Waals surface area contributed by atoms with Gasteiger partial charge in [-0.2, -0.15) is 4.31 Å². The summed E-state index contributed by atoms with van der Waals surface area (Å²) in [5, 5.41) is 2.83. The molecule has 5 nitrogen and oxygen atoms in total. The van der Waals surface area contributed by atoms with E-state index in [0.717, 1.165) is 22.7 Å². The fraction of sp³-hybridized carbons (Fsp3) is 0.350. The molecule has 26 heavy (non-hydrogen) atoms. The van der Waals surface area contributed by atoms with E-state index in [-0.39, 0.29) is 17.3 Å². The lowest BCUT2D eigenvalue weighted by atomic mass is 10.0. The summed E-state index contributed by atoms with van der Waals surface area (Å²) in [5.41, 5.74) is 3.48. The van der Waals surface area contributed by atoms with Crippen molar-refractivity contribution in [3.63, 3.8) is 0 Å². The first-order valence-electron chi connectivity index (χ1n) is 8.77. The van der Waals surface area contributed by atoms with Crippen molar-refractivity contribution in [3.8, 4) is 0 Å². The zero-order valence-corrected chi connectivity index (χ0v) is 16.3. The highest BCUT2D eigenvalue weighted by atomic mass is 32.2. The van der Waals surface area contributed by atoms with E-state index in [0.29, 0.717) is 6.54 Å². The van der Waals surface area contributed by atoms with Gasteiger partial charge in [-0.15, -0.1) is 0 Å². The molecule has 0 aromatic heterocycles. The van der Waals surface area contributed by atoms with Gasteiger partial charge in [0.1, 0.15) is 0 Å². The molecule has 2 rings (SSSR count). The van der Waals surface area contributed by atoms with Crippen molar-refractivity contribution >= 4 is 15.9 Å². The average Bonchev–Trinajstić information content (AvgIpc) is 2.66. The molecule has 0 unspecified atom stereocenters. The molecule has 2 aromatic carbocycles. The third-order valence-electron chi connectivity index (χ3n) is 4.35. The van der Waals surface area contributed by atoms with Gasteiger partial charge in [0.15, 0.2) is 0 Å². The Morgan fingerprint density at radius 2 is 1.69 bits per heavy atom. The van der Waals surface area contributed by atoms with Crippen LogP contribution in [0, 0.1) is 0 Å². The van der Waals surface area contributed by atoms with Crippen LogP contribution in [0.2, 0.25) is 0 Å². The van der Waals surface area contributed by atoms with Gasteiger partial charge in [-0.25, -0.2) is 8.42 Å². The van der Waals surface area contributed by atoms with Gasteiger partial charge in [0, 0.05) is 13.6 Å². The van der Waals surface area contributed by atoms with Crippen LogP contribution in [0.15, 0.2) is 53.4 Å². The highest BCUT2D eigenvalue weighted by Crippen LogP contribution is 2.15. The smallest absolute Gasteiger partial charge is 0.243 e. The lowest BCUT2D eigenvalue weighted by Crippen LogP contribution is -2.38. The van der Waals surface area contributed by atoms with Crippen LogP contribution in [-0.4, -0.2) is 32.2 Å². The molecule has 0 aliphatic heterocycles. The quantitative estimate of drug-likeness (QED) is 0.773. The Morgan fingerprint density at radius 3 is 2.31 bits per heavy atom. The molecular formula is C20H26N2O3S. The van der Waals surface area contributed by atoms with Crippen molar-refractivity contribution in [2.75, 3.05) is 13.6 Å². The van der Waals surface area contributed by atoms with Crippen molar-refractivity contribution in [2.24, 2.45) is 0 Å². The van der Waals surface area contributed by atoms with Gasteiger partial charge in [0.05, 0.1) is 11.4 Å². The summed E-state index contributed by atoms with van der Waals surface area (Å²) >= 11 is 0. The van der Waals surface area contributed by atoms with E-state index in [1.165, 1.54) is 30.3 Å².